The molecule has 1 heterocycles. The van der Waals surface area contributed by atoms with E-state index in [0.29, 0.717) is 0 Å². The monoisotopic (exact) mass is 263 g/mol. The average molecular weight is 264 g/mol. The molecule has 1 N–H and O–H groups in total. The molecule has 0 bridgehead atoms. The van der Waals surface area contributed by atoms with Crippen molar-refractivity contribution in [2.24, 2.45) is 0 Å². The standard InChI is InChI=1S/C14H18ClN3/c1-4-8-18-9-11(3)16-14(18)17-13-10(2)6-5-7-12(13)15/h5-7,9H,4,8H2,1-3H3,(H,16,17). The van der Waals surface area contributed by atoms with Gasteiger partial charge in [-0.3, -0.25) is 0 Å². The van der Waals surface area contributed by atoms with Gasteiger partial charge in [-0.1, -0.05) is 30.7 Å². The van der Waals surface area contributed by atoms with E-state index in [2.05, 4.69) is 28.0 Å². The molecule has 0 amide bonds. The Morgan fingerprint density at radius 3 is 2.78 bits per heavy atom. The Labute approximate surface area is 113 Å². The molecule has 0 saturated carbocycles. The van der Waals surface area contributed by atoms with Crippen molar-refractivity contribution in [3.05, 3.63) is 40.7 Å². The van der Waals surface area contributed by atoms with Gasteiger partial charge in [0.2, 0.25) is 5.95 Å². The number of hydrogen-bond acceptors (Lipinski definition) is 2. The zero-order chi connectivity index (χ0) is 13.1. The number of para-hydroxylation sites is 1. The molecule has 4 heteroatoms. The summed E-state index contributed by atoms with van der Waals surface area (Å²) in [6.07, 6.45) is 3.13. The van der Waals surface area contributed by atoms with E-state index >= 15 is 0 Å². The molecule has 0 spiro atoms. The van der Waals surface area contributed by atoms with Crippen molar-refractivity contribution in [3.8, 4) is 0 Å². The normalized spacial score (nSPS) is 10.7. The highest BCUT2D eigenvalue weighted by molar-refractivity contribution is 6.33. The third kappa shape index (κ3) is 2.67. The lowest BCUT2D eigenvalue weighted by molar-refractivity contribution is 0.686. The van der Waals surface area contributed by atoms with Crippen molar-refractivity contribution in [2.45, 2.75) is 33.7 Å². The minimum absolute atomic E-state index is 0.721. The molecular weight excluding hydrogens is 246 g/mol. The summed E-state index contributed by atoms with van der Waals surface area (Å²) in [4.78, 5) is 4.50. The van der Waals surface area contributed by atoms with Gasteiger partial charge < -0.3 is 9.88 Å². The highest BCUT2D eigenvalue weighted by Crippen LogP contribution is 2.28. The van der Waals surface area contributed by atoms with E-state index in [1.54, 1.807) is 0 Å². The van der Waals surface area contributed by atoms with E-state index in [1.807, 2.05) is 32.0 Å². The number of rotatable bonds is 4. The minimum atomic E-state index is 0.721. The summed E-state index contributed by atoms with van der Waals surface area (Å²) in [7, 11) is 0. The molecule has 18 heavy (non-hydrogen) atoms. The van der Waals surface area contributed by atoms with Crippen LogP contribution in [0.15, 0.2) is 24.4 Å². The lowest BCUT2D eigenvalue weighted by Gasteiger charge is -2.12. The molecule has 96 valence electrons. The van der Waals surface area contributed by atoms with Gasteiger partial charge in [0.25, 0.3) is 0 Å². The smallest absolute Gasteiger partial charge is 0.207 e. The number of benzene rings is 1. The predicted octanol–water partition coefficient (Wildman–Crippen LogP) is 4.31. The van der Waals surface area contributed by atoms with Crippen LogP contribution in [0.4, 0.5) is 11.6 Å². The van der Waals surface area contributed by atoms with Crippen molar-refractivity contribution < 1.29 is 0 Å². The summed E-state index contributed by atoms with van der Waals surface area (Å²) >= 11 is 6.22. The maximum atomic E-state index is 6.22. The van der Waals surface area contributed by atoms with Gasteiger partial charge in [-0.2, -0.15) is 0 Å². The van der Waals surface area contributed by atoms with E-state index < -0.39 is 0 Å². The maximum absolute atomic E-state index is 6.22. The van der Waals surface area contributed by atoms with E-state index in [9.17, 15) is 0 Å². The number of aryl methyl sites for hydroxylation is 3. The number of hydrogen-bond donors (Lipinski definition) is 1. The van der Waals surface area contributed by atoms with Crippen LogP contribution in [0, 0.1) is 13.8 Å². The first-order valence-electron chi connectivity index (χ1n) is 6.17. The van der Waals surface area contributed by atoms with Gasteiger partial charge in [0.15, 0.2) is 0 Å². The fraction of sp³-hybridized carbons (Fsp3) is 0.357. The first-order chi connectivity index (χ1) is 8.61. The van der Waals surface area contributed by atoms with Crippen molar-refractivity contribution in [1.82, 2.24) is 9.55 Å². The molecule has 2 rings (SSSR count). The van der Waals surface area contributed by atoms with Crippen LogP contribution in [0.5, 0.6) is 0 Å². The molecule has 0 radical (unpaired) electrons. The second kappa shape index (κ2) is 5.44. The van der Waals surface area contributed by atoms with Gasteiger partial charge in [0, 0.05) is 12.7 Å². The summed E-state index contributed by atoms with van der Waals surface area (Å²) in [6, 6.07) is 5.87. The van der Waals surface area contributed by atoms with Crippen molar-refractivity contribution in [3.63, 3.8) is 0 Å². The Morgan fingerprint density at radius 2 is 2.11 bits per heavy atom. The lowest BCUT2D eigenvalue weighted by Crippen LogP contribution is -2.04. The summed E-state index contributed by atoms with van der Waals surface area (Å²) in [5, 5.41) is 4.06. The first kappa shape index (κ1) is 13.0. The van der Waals surface area contributed by atoms with E-state index in [1.165, 1.54) is 0 Å². The molecule has 0 unspecified atom stereocenters. The quantitative estimate of drug-likeness (QED) is 0.891. The van der Waals surface area contributed by atoms with Crippen LogP contribution in [0.25, 0.3) is 0 Å². The van der Waals surface area contributed by atoms with Gasteiger partial charge >= 0.3 is 0 Å². The van der Waals surface area contributed by atoms with Crippen molar-refractivity contribution in [2.75, 3.05) is 5.32 Å². The fourth-order valence-electron chi connectivity index (χ4n) is 1.96. The Hall–Kier alpha value is -1.48. The molecule has 0 fully saturated rings. The number of nitrogens with zero attached hydrogens (tertiary/aromatic N) is 2. The molecule has 0 aliphatic heterocycles. The topological polar surface area (TPSA) is 29.9 Å². The van der Waals surface area contributed by atoms with Gasteiger partial charge in [-0.05, 0) is 31.9 Å². The highest BCUT2D eigenvalue weighted by atomic mass is 35.5. The average Bonchev–Trinajstić information content (AvgIpc) is 2.65. The third-order valence-electron chi connectivity index (χ3n) is 2.82. The molecule has 1 aromatic carbocycles. The Kier molecular flexibility index (Phi) is 3.92. The molecule has 3 nitrogen and oxygen atoms in total. The third-order valence-corrected chi connectivity index (χ3v) is 3.14. The molecule has 0 aliphatic carbocycles. The van der Waals surface area contributed by atoms with Gasteiger partial charge in [0.05, 0.1) is 16.4 Å². The largest absolute Gasteiger partial charge is 0.324 e. The molecule has 0 atom stereocenters. The SMILES string of the molecule is CCCn1cc(C)nc1Nc1c(C)cccc1Cl. The number of imidazole rings is 1. The number of halogens is 1. The zero-order valence-corrected chi connectivity index (χ0v) is 11.8. The predicted molar refractivity (Wildman–Crippen MR) is 76.7 cm³/mol. The Balaban J connectivity index is 2.33. The molecule has 0 aliphatic rings. The summed E-state index contributed by atoms with van der Waals surface area (Å²) in [5.74, 6) is 0.852. The highest BCUT2D eigenvalue weighted by Gasteiger charge is 2.09. The number of aromatic nitrogens is 2. The second-order valence-electron chi connectivity index (χ2n) is 4.46. The second-order valence-corrected chi connectivity index (χ2v) is 4.86. The molecule has 1 aromatic heterocycles. The summed E-state index contributed by atoms with van der Waals surface area (Å²) in [6.45, 7) is 7.14. The van der Waals surface area contributed by atoms with E-state index in [-0.39, 0.29) is 0 Å². The Bertz CT molecular complexity index is 526. The molecule has 2 aromatic rings. The minimum Gasteiger partial charge on any atom is -0.324 e. The maximum Gasteiger partial charge on any atom is 0.207 e. The van der Waals surface area contributed by atoms with Gasteiger partial charge in [-0.25, -0.2) is 4.98 Å². The van der Waals surface area contributed by atoms with Gasteiger partial charge in [0.1, 0.15) is 0 Å². The van der Waals surface area contributed by atoms with Crippen LogP contribution < -0.4 is 5.32 Å². The van der Waals surface area contributed by atoms with Crippen LogP contribution in [-0.4, -0.2) is 9.55 Å². The summed E-state index contributed by atoms with van der Waals surface area (Å²) in [5.41, 5.74) is 3.06. The zero-order valence-electron chi connectivity index (χ0n) is 11.0. The van der Waals surface area contributed by atoms with Gasteiger partial charge in [-0.15, -0.1) is 0 Å². The van der Waals surface area contributed by atoms with Crippen molar-refractivity contribution in [1.29, 1.82) is 0 Å². The van der Waals surface area contributed by atoms with Crippen molar-refractivity contribution >= 4 is 23.2 Å². The van der Waals surface area contributed by atoms with E-state index in [4.69, 9.17) is 11.6 Å². The van der Waals surface area contributed by atoms with Crippen LogP contribution in [0.1, 0.15) is 24.6 Å². The molecular formula is C14H18ClN3. The van der Waals surface area contributed by atoms with Crippen LogP contribution in [-0.2, 0) is 6.54 Å². The Morgan fingerprint density at radius 1 is 1.33 bits per heavy atom. The van der Waals surface area contributed by atoms with E-state index in [0.717, 1.165) is 40.9 Å². The number of nitrogens with one attached hydrogen (secondary N) is 1. The molecule has 0 saturated heterocycles. The lowest BCUT2D eigenvalue weighted by atomic mass is 10.2. The van der Waals surface area contributed by atoms with Crippen LogP contribution in [0.3, 0.4) is 0 Å². The van der Waals surface area contributed by atoms with Crippen LogP contribution in [0.2, 0.25) is 5.02 Å². The number of anilines is 2. The summed E-state index contributed by atoms with van der Waals surface area (Å²) < 4.78 is 2.12. The van der Waals surface area contributed by atoms with Crippen LogP contribution >= 0.6 is 11.6 Å². The first-order valence-corrected chi connectivity index (χ1v) is 6.55. The fourth-order valence-corrected chi connectivity index (χ4v) is 2.23.